The van der Waals surface area contributed by atoms with E-state index in [0.29, 0.717) is 11.7 Å². The van der Waals surface area contributed by atoms with Gasteiger partial charge in [0.15, 0.2) is 0 Å². The molecule has 1 aliphatic rings. The van der Waals surface area contributed by atoms with Gasteiger partial charge in [-0.05, 0) is 72.7 Å². The summed E-state index contributed by atoms with van der Waals surface area (Å²) in [4.78, 5) is 13.9. The molecule has 5 rings (SSSR count). The average molecular weight is 423 g/mol. The van der Waals surface area contributed by atoms with Crippen LogP contribution in [0.3, 0.4) is 0 Å². The van der Waals surface area contributed by atoms with Crippen LogP contribution in [0.15, 0.2) is 60.9 Å². The molecule has 4 aromatic rings. The first-order valence-electron chi connectivity index (χ1n) is 11.7. The van der Waals surface area contributed by atoms with Crippen LogP contribution in [0.5, 0.6) is 0 Å². The van der Waals surface area contributed by atoms with Gasteiger partial charge in [-0.1, -0.05) is 50.1 Å². The lowest BCUT2D eigenvalue weighted by molar-refractivity contribution is 0.672. The fourth-order valence-corrected chi connectivity index (χ4v) is 5.00. The number of hydrogen-bond acceptors (Lipinski definition) is 4. The molecule has 1 saturated carbocycles. The van der Waals surface area contributed by atoms with E-state index in [-0.39, 0.29) is 5.92 Å². The molecule has 0 spiro atoms. The summed E-state index contributed by atoms with van der Waals surface area (Å²) in [5.41, 5.74) is 14.4. The number of rotatable bonds is 5. The Hall–Kier alpha value is -3.27. The highest BCUT2D eigenvalue weighted by Gasteiger charge is 2.20. The van der Waals surface area contributed by atoms with E-state index in [2.05, 4.69) is 78.4 Å². The Balaban J connectivity index is 1.44. The van der Waals surface area contributed by atoms with E-state index in [1.165, 1.54) is 48.1 Å². The third kappa shape index (κ3) is 4.10. The number of aromatic nitrogens is 3. The lowest BCUT2D eigenvalue weighted by atomic mass is 9.94. The topological polar surface area (TPSA) is 64.7 Å². The maximum absolute atomic E-state index is 6.37. The Morgan fingerprint density at radius 2 is 1.81 bits per heavy atom. The van der Waals surface area contributed by atoms with Crippen LogP contribution in [-0.2, 0) is 6.42 Å². The second kappa shape index (κ2) is 8.70. The summed E-state index contributed by atoms with van der Waals surface area (Å²) in [6, 6.07) is 19.3. The predicted molar refractivity (Wildman–Crippen MR) is 132 cm³/mol. The second-order valence-corrected chi connectivity index (χ2v) is 9.21. The van der Waals surface area contributed by atoms with Crippen LogP contribution >= 0.6 is 0 Å². The fraction of sp³-hybridized carbons (Fsp3) is 0.321. The van der Waals surface area contributed by atoms with Crippen LogP contribution in [0.2, 0.25) is 0 Å². The minimum atomic E-state index is 0.249. The minimum Gasteiger partial charge on any atom is -0.383 e. The number of pyridine rings is 1. The Morgan fingerprint density at radius 1 is 1.00 bits per heavy atom. The van der Waals surface area contributed by atoms with Crippen molar-refractivity contribution in [3.63, 3.8) is 0 Å². The molecule has 2 heterocycles. The lowest BCUT2D eigenvalue weighted by Gasteiger charge is -2.16. The molecular weight excluding hydrogens is 392 g/mol. The Kier molecular flexibility index (Phi) is 5.60. The molecule has 1 unspecified atom stereocenters. The zero-order valence-corrected chi connectivity index (χ0v) is 18.9. The summed E-state index contributed by atoms with van der Waals surface area (Å²) < 4.78 is 0. The van der Waals surface area contributed by atoms with E-state index in [9.17, 15) is 0 Å². The Morgan fingerprint density at radius 3 is 2.62 bits per heavy atom. The number of anilines is 1. The van der Waals surface area contributed by atoms with Gasteiger partial charge in [0.1, 0.15) is 12.1 Å². The van der Waals surface area contributed by atoms with Crippen LogP contribution in [0.1, 0.15) is 67.0 Å². The highest BCUT2D eigenvalue weighted by atomic mass is 14.9. The van der Waals surface area contributed by atoms with Crippen molar-refractivity contribution in [3.05, 3.63) is 83.4 Å². The SMILES string of the molecule is Cc1ccccc1-c1ccc2nc(N)c(CC(C)c3cc(C4CCCC4)ncn3)cc2c1. The van der Waals surface area contributed by atoms with Crippen LogP contribution in [-0.4, -0.2) is 15.0 Å². The average Bonchev–Trinajstić information content (AvgIpc) is 3.35. The number of hydrogen-bond donors (Lipinski definition) is 1. The first-order chi connectivity index (χ1) is 15.6. The van der Waals surface area contributed by atoms with Crippen molar-refractivity contribution in [1.82, 2.24) is 15.0 Å². The number of aryl methyl sites for hydroxylation is 1. The molecule has 2 N–H and O–H groups in total. The molecule has 2 aromatic carbocycles. The van der Waals surface area contributed by atoms with Crippen LogP contribution in [0.4, 0.5) is 5.82 Å². The van der Waals surface area contributed by atoms with Gasteiger partial charge in [0, 0.05) is 28.6 Å². The van der Waals surface area contributed by atoms with Crippen molar-refractivity contribution in [2.75, 3.05) is 5.73 Å². The minimum absolute atomic E-state index is 0.249. The molecule has 4 nitrogen and oxygen atoms in total. The quantitative estimate of drug-likeness (QED) is 0.394. The lowest BCUT2D eigenvalue weighted by Crippen LogP contribution is -2.07. The van der Waals surface area contributed by atoms with Crippen molar-refractivity contribution in [3.8, 4) is 11.1 Å². The summed E-state index contributed by atoms with van der Waals surface area (Å²) in [6.45, 7) is 4.36. The molecule has 0 saturated heterocycles. The normalized spacial score (nSPS) is 15.3. The number of fused-ring (bicyclic) bond motifs is 1. The molecule has 0 aliphatic heterocycles. The number of nitrogen functional groups attached to an aromatic ring is 1. The first-order valence-corrected chi connectivity index (χ1v) is 11.7. The fourth-order valence-electron chi connectivity index (χ4n) is 5.00. The maximum atomic E-state index is 6.37. The maximum Gasteiger partial charge on any atom is 0.127 e. The van der Waals surface area contributed by atoms with Crippen LogP contribution in [0, 0.1) is 6.92 Å². The summed E-state index contributed by atoms with van der Waals surface area (Å²) in [5, 5.41) is 1.12. The molecule has 2 aromatic heterocycles. The molecule has 162 valence electrons. The zero-order valence-electron chi connectivity index (χ0n) is 18.9. The summed E-state index contributed by atoms with van der Waals surface area (Å²) in [5.74, 6) is 1.45. The van der Waals surface area contributed by atoms with Gasteiger partial charge in [0.2, 0.25) is 0 Å². The molecule has 0 bridgehead atoms. The first kappa shape index (κ1) is 20.6. The molecule has 4 heteroatoms. The molecule has 1 aliphatic carbocycles. The number of benzene rings is 2. The van der Waals surface area contributed by atoms with E-state index >= 15 is 0 Å². The largest absolute Gasteiger partial charge is 0.383 e. The van der Waals surface area contributed by atoms with Gasteiger partial charge in [-0.25, -0.2) is 15.0 Å². The molecular formula is C28H30N4. The van der Waals surface area contributed by atoms with Gasteiger partial charge in [-0.15, -0.1) is 0 Å². The van der Waals surface area contributed by atoms with Crippen molar-refractivity contribution in [1.29, 1.82) is 0 Å². The van der Waals surface area contributed by atoms with Gasteiger partial charge >= 0.3 is 0 Å². The van der Waals surface area contributed by atoms with E-state index in [4.69, 9.17) is 10.7 Å². The Labute approximate surface area is 190 Å². The molecule has 1 fully saturated rings. The third-order valence-corrected chi connectivity index (χ3v) is 6.90. The highest BCUT2D eigenvalue weighted by Crippen LogP contribution is 2.34. The van der Waals surface area contributed by atoms with Crippen LogP contribution < -0.4 is 5.73 Å². The van der Waals surface area contributed by atoms with Gasteiger partial charge in [-0.2, -0.15) is 0 Å². The monoisotopic (exact) mass is 422 g/mol. The van der Waals surface area contributed by atoms with E-state index < -0.39 is 0 Å². The van der Waals surface area contributed by atoms with Crippen molar-refractivity contribution in [2.45, 2.75) is 57.8 Å². The van der Waals surface area contributed by atoms with Crippen molar-refractivity contribution in [2.24, 2.45) is 0 Å². The summed E-state index contributed by atoms with van der Waals surface area (Å²) in [7, 11) is 0. The molecule has 0 amide bonds. The van der Waals surface area contributed by atoms with Gasteiger partial charge in [0.25, 0.3) is 0 Å². The third-order valence-electron chi connectivity index (χ3n) is 6.90. The van der Waals surface area contributed by atoms with Gasteiger partial charge < -0.3 is 5.73 Å². The van der Waals surface area contributed by atoms with E-state index in [1.54, 1.807) is 6.33 Å². The zero-order chi connectivity index (χ0) is 22.1. The number of nitrogens with zero attached hydrogens (tertiary/aromatic N) is 3. The predicted octanol–water partition coefficient (Wildman–Crippen LogP) is 6.59. The van der Waals surface area contributed by atoms with Gasteiger partial charge in [0.05, 0.1) is 5.52 Å². The standard InChI is InChI=1S/C28H30N4/c1-18-7-3-6-10-24(18)21-11-12-25-22(14-21)15-23(28(29)32-25)13-19(2)26-16-27(31-17-30-26)20-8-4-5-9-20/h3,6-7,10-12,14-17,19-20H,4-5,8-9,13H2,1-2H3,(H2,29,32). The highest BCUT2D eigenvalue weighted by molar-refractivity contribution is 5.87. The summed E-state index contributed by atoms with van der Waals surface area (Å²) >= 11 is 0. The molecule has 32 heavy (non-hydrogen) atoms. The number of nitrogens with two attached hydrogens (primary N) is 1. The second-order valence-electron chi connectivity index (χ2n) is 9.21. The van der Waals surface area contributed by atoms with Crippen LogP contribution in [0.25, 0.3) is 22.0 Å². The van der Waals surface area contributed by atoms with Crippen molar-refractivity contribution < 1.29 is 0 Å². The van der Waals surface area contributed by atoms with E-state index in [0.717, 1.165) is 28.6 Å². The Bertz CT molecular complexity index is 1260. The van der Waals surface area contributed by atoms with Gasteiger partial charge in [-0.3, -0.25) is 0 Å². The summed E-state index contributed by atoms with van der Waals surface area (Å²) in [6.07, 6.45) is 7.65. The van der Waals surface area contributed by atoms with Crippen molar-refractivity contribution >= 4 is 16.7 Å². The smallest absolute Gasteiger partial charge is 0.127 e. The molecule has 1 atom stereocenters. The molecule has 0 radical (unpaired) electrons. The van der Waals surface area contributed by atoms with E-state index in [1.807, 2.05) is 0 Å².